The molecule has 34 heavy (non-hydrogen) atoms. The van der Waals surface area contributed by atoms with E-state index in [2.05, 4.69) is 25.5 Å². The Balaban J connectivity index is 1.40. The summed E-state index contributed by atoms with van der Waals surface area (Å²) < 4.78 is 0. The zero-order valence-electron chi connectivity index (χ0n) is 18.7. The van der Waals surface area contributed by atoms with Gasteiger partial charge in [-0.1, -0.05) is 66.2 Å². The number of fused-ring (bicyclic) bond motifs is 1. The maximum absolute atomic E-state index is 13.7. The maximum Gasteiger partial charge on any atom is 0.186 e. The molecule has 5 aromatic rings. The van der Waals surface area contributed by atoms with Crippen molar-refractivity contribution in [3.63, 3.8) is 0 Å². The third kappa shape index (κ3) is 4.64. The Labute approximate surface area is 202 Å². The van der Waals surface area contributed by atoms with E-state index in [1.165, 1.54) is 5.56 Å². The Bertz CT molecular complexity index is 1420. The lowest BCUT2D eigenvalue weighted by Gasteiger charge is -2.18. The number of ketones is 1. The number of Topliss-reactive ketones (excluding diaryl/α,β-unsaturated/α-hetero) is 1. The molecule has 6 nitrogen and oxygen atoms in total. The van der Waals surface area contributed by atoms with Crippen molar-refractivity contribution < 1.29 is 4.79 Å². The number of aryl methyl sites for hydroxylation is 1. The lowest BCUT2D eigenvalue weighted by molar-refractivity contribution is 0.0945. The quantitative estimate of drug-likeness (QED) is 0.255. The normalized spacial score (nSPS) is 12.2. The second kappa shape index (κ2) is 9.63. The Morgan fingerprint density at radius 2 is 1.82 bits per heavy atom. The zero-order chi connectivity index (χ0) is 23.5. The average molecular weight is 470 g/mol. The molecule has 0 amide bonds. The molecule has 2 heterocycles. The van der Waals surface area contributed by atoms with Crippen molar-refractivity contribution in [1.82, 2.24) is 25.5 Å². The van der Waals surface area contributed by atoms with Gasteiger partial charge < -0.3 is 15.3 Å². The molecule has 0 aliphatic carbocycles. The second-order valence-electron chi connectivity index (χ2n) is 8.26. The fourth-order valence-corrected chi connectivity index (χ4v) is 4.25. The minimum absolute atomic E-state index is 0.0248. The van der Waals surface area contributed by atoms with Gasteiger partial charge in [-0.3, -0.25) is 4.79 Å². The number of halogens is 1. The number of nitrogens with one attached hydrogen (secondary N) is 3. The Morgan fingerprint density at radius 3 is 2.56 bits per heavy atom. The number of benzene rings is 3. The third-order valence-corrected chi connectivity index (χ3v) is 6.14. The first-order valence-electron chi connectivity index (χ1n) is 11.2. The predicted molar refractivity (Wildman–Crippen MR) is 135 cm³/mol. The van der Waals surface area contributed by atoms with Crippen LogP contribution < -0.4 is 5.32 Å². The van der Waals surface area contributed by atoms with Gasteiger partial charge >= 0.3 is 0 Å². The van der Waals surface area contributed by atoms with E-state index in [9.17, 15) is 4.79 Å². The molecule has 7 heteroatoms. The summed E-state index contributed by atoms with van der Waals surface area (Å²) in [4.78, 5) is 20.1. The standard InChI is InChI=1S/C27H24ClN5O/c1-17-31-27(33-32-17)20-9-12-22-23(16-30-24(22)15-20)26(34)25(19-5-3-2-4-6-19)29-14-13-18-7-10-21(28)11-8-18/h2-12,15-16,25,29-30H,13-14H2,1H3,(H,31,32,33)/t25-/m0/s1. The summed E-state index contributed by atoms with van der Waals surface area (Å²) in [6.45, 7) is 2.52. The monoisotopic (exact) mass is 469 g/mol. The fraction of sp³-hybridized carbons (Fsp3) is 0.148. The predicted octanol–water partition coefficient (Wildman–Crippen LogP) is 5.67. The van der Waals surface area contributed by atoms with E-state index in [0.29, 0.717) is 17.9 Å². The van der Waals surface area contributed by atoms with Crippen LogP contribution in [0.3, 0.4) is 0 Å². The van der Waals surface area contributed by atoms with Gasteiger partial charge in [0.1, 0.15) is 5.82 Å². The first-order valence-corrected chi connectivity index (χ1v) is 11.5. The van der Waals surface area contributed by atoms with Gasteiger partial charge in [0, 0.05) is 39.8 Å². The molecular formula is C27H24ClN5O. The molecule has 3 aromatic carbocycles. The van der Waals surface area contributed by atoms with Gasteiger partial charge in [0.2, 0.25) is 0 Å². The molecule has 0 fully saturated rings. The molecule has 170 valence electrons. The first kappa shape index (κ1) is 22.1. The second-order valence-corrected chi connectivity index (χ2v) is 8.70. The maximum atomic E-state index is 13.7. The lowest BCUT2D eigenvalue weighted by atomic mass is 9.96. The highest BCUT2D eigenvalue weighted by atomic mass is 35.5. The molecule has 0 aliphatic heterocycles. The number of hydrogen-bond acceptors (Lipinski definition) is 4. The van der Waals surface area contributed by atoms with E-state index >= 15 is 0 Å². The number of nitrogens with zero attached hydrogens (tertiary/aromatic N) is 2. The van der Waals surface area contributed by atoms with Gasteiger partial charge in [0.05, 0.1) is 6.04 Å². The molecule has 3 N–H and O–H groups in total. The largest absolute Gasteiger partial charge is 0.360 e. The number of aromatic nitrogens is 4. The van der Waals surface area contributed by atoms with Crippen molar-refractivity contribution in [2.45, 2.75) is 19.4 Å². The molecule has 0 radical (unpaired) electrons. The summed E-state index contributed by atoms with van der Waals surface area (Å²) in [7, 11) is 0. The Kier molecular flexibility index (Phi) is 6.25. The fourth-order valence-electron chi connectivity index (χ4n) is 4.13. The number of aromatic amines is 2. The number of carbonyl (C=O) groups excluding carboxylic acids is 1. The summed E-state index contributed by atoms with van der Waals surface area (Å²) >= 11 is 6.00. The van der Waals surface area contributed by atoms with Gasteiger partial charge in [0.15, 0.2) is 11.6 Å². The summed E-state index contributed by atoms with van der Waals surface area (Å²) in [5.74, 6) is 1.48. The van der Waals surface area contributed by atoms with Crippen molar-refractivity contribution in [3.8, 4) is 11.4 Å². The highest BCUT2D eigenvalue weighted by molar-refractivity contribution is 6.30. The van der Waals surface area contributed by atoms with Gasteiger partial charge in [-0.25, -0.2) is 0 Å². The molecule has 0 saturated carbocycles. The van der Waals surface area contributed by atoms with Crippen molar-refractivity contribution in [2.75, 3.05) is 6.54 Å². The van der Waals surface area contributed by atoms with E-state index in [4.69, 9.17) is 11.6 Å². The number of H-pyrrole nitrogens is 2. The first-order chi connectivity index (χ1) is 16.6. The van der Waals surface area contributed by atoms with E-state index in [1.807, 2.05) is 79.7 Å². The molecule has 0 saturated heterocycles. The van der Waals surface area contributed by atoms with Crippen LogP contribution in [0.25, 0.3) is 22.3 Å². The SMILES string of the molecule is Cc1nnc(-c2ccc3c(C(=O)[C@@H](NCCc4ccc(Cl)cc4)c4ccccc4)c[nH]c3c2)[nH]1. The van der Waals surface area contributed by atoms with Crippen LogP contribution >= 0.6 is 11.6 Å². The lowest BCUT2D eigenvalue weighted by Crippen LogP contribution is -2.30. The van der Waals surface area contributed by atoms with Gasteiger partial charge in [-0.15, -0.1) is 10.2 Å². The van der Waals surface area contributed by atoms with E-state index in [-0.39, 0.29) is 5.78 Å². The van der Waals surface area contributed by atoms with Crippen LogP contribution in [0.1, 0.15) is 33.4 Å². The van der Waals surface area contributed by atoms with Crippen LogP contribution in [-0.2, 0) is 6.42 Å². The van der Waals surface area contributed by atoms with Crippen molar-refractivity contribution in [1.29, 1.82) is 0 Å². The summed E-state index contributed by atoms with van der Waals surface area (Å²) in [6.07, 6.45) is 2.58. The summed E-state index contributed by atoms with van der Waals surface area (Å²) in [5.41, 5.74) is 4.55. The van der Waals surface area contributed by atoms with Crippen LogP contribution in [0, 0.1) is 6.92 Å². The van der Waals surface area contributed by atoms with Gasteiger partial charge in [-0.2, -0.15) is 0 Å². The smallest absolute Gasteiger partial charge is 0.186 e. The Hall–Kier alpha value is -3.74. The number of rotatable bonds is 8. The van der Waals surface area contributed by atoms with Crippen LogP contribution in [0.5, 0.6) is 0 Å². The molecule has 0 unspecified atom stereocenters. The van der Waals surface area contributed by atoms with Crippen LogP contribution in [-0.4, -0.2) is 32.5 Å². The summed E-state index contributed by atoms with van der Waals surface area (Å²) in [6, 6.07) is 23.1. The van der Waals surface area contributed by atoms with E-state index in [0.717, 1.165) is 39.3 Å². The highest BCUT2D eigenvalue weighted by Gasteiger charge is 2.24. The van der Waals surface area contributed by atoms with Gasteiger partial charge in [0.25, 0.3) is 0 Å². The summed E-state index contributed by atoms with van der Waals surface area (Å²) in [5, 5.41) is 13.3. The molecule has 1 atom stereocenters. The third-order valence-electron chi connectivity index (χ3n) is 5.89. The van der Waals surface area contributed by atoms with Crippen molar-refractivity contribution >= 4 is 28.3 Å². The molecule has 0 bridgehead atoms. The highest BCUT2D eigenvalue weighted by Crippen LogP contribution is 2.28. The molecule has 5 rings (SSSR count). The molecule has 0 spiro atoms. The van der Waals surface area contributed by atoms with Crippen molar-refractivity contribution in [3.05, 3.63) is 107 Å². The van der Waals surface area contributed by atoms with Crippen molar-refractivity contribution in [2.24, 2.45) is 0 Å². The van der Waals surface area contributed by atoms with Crippen LogP contribution in [0.15, 0.2) is 79.0 Å². The zero-order valence-corrected chi connectivity index (χ0v) is 19.4. The number of hydrogen-bond donors (Lipinski definition) is 3. The molecule has 2 aromatic heterocycles. The van der Waals surface area contributed by atoms with Crippen LogP contribution in [0.2, 0.25) is 5.02 Å². The Morgan fingerprint density at radius 1 is 1.03 bits per heavy atom. The van der Waals surface area contributed by atoms with E-state index in [1.54, 1.807) is 6.20 Å². The minimum Gasteiger partial charge on any atom is -0.360 e. The van der Waals surface area contributed by atoms with Crippen LogP contribution in [0.4, 0.5) is 0 Å². The topological polar surface area (TPSA) is 86.5 Å². The number of carbonyl (C=O) groups is 1. The minimum atomic E-state index is -0.455. The molecule has 0 aliphatic rings. The van der Waals surface area contributed by atoms with E-state index < -0.39 is 6.04 Å². The van der Waals surface area contributed by atoms with Gasteiger partial charge in [-0.05, 0) is 42.7 Å². The molecular weight excluding hydrogens is 446 g/mol. The average Bonchev–Trinajstić information content (AvgIpc) is 3.49.